The van der Waals surface area contributed by atoms with Crippen LogP contribution in [-0.2, 0) is 4.74 Å². The molecule has 1 saturated heterocycles. The van der Waals surface area contributed by atoms with E-state index in [0.29, 0.717) is 30.2 Å². The van der Waals surface area contributed by atoms with Crippen molar-refractivity contribution in [2.24, 2.45) is 0 Å². The zero-order valence-electron chi connectivity index (χ0n) is 13.9. The lowest BCUT2D eigenvalue weighted by Crippen LogP contribution is -2.23. The van der Waals surface area contributed by atoms with Gasteiger partial charge in [-0.25, -0.2) is 19.3 Å². The van der Waals surface area contributed by atoms with Gasteiger partial charge in [-0.3, -0.25) is 4.79 Å². The normalized spacial score (nSPS) is 20.0. The molecule has 0 aliphatic carbocycles. The van der Waals surface area contributed by atoms with E-state index in [1.807, 2.05) is 0 Å². The first-order valence-electron chi connectivity index (χ1n) is 8.44. The van der Waals surface area contributed by atoms with Crippen molar-refractivity contribution < 1.29 is 9.13 Å². The average Bonchev–Trinajstić information content (AvgIpc) is 2.69. The molecule has 0 bridgehead atoms. The van der Waals surface area contributed by atoms with Gasteiger partial charge in [0, 0.05) is 24.8 Å². The van der Waals surface area contributed by atoms with Crippen molar-refractivity contribution >= 4 is 0 Å². The third-order valence-electron chi connectivity index (χ3n) is 4.52. The van der Waals surface area contributed by atoms with Gasteiger partial charge in [0.15, 0.2) is 0 Å². The molecule has 1 N–H and O–H groups in total. The molecule has 0 saturated carbocycles. The maximum absolute atomic E-state index is 13.1. The van der Waals surface area contributed by atoms with E-state index in [0.717, 1.165) is 12.0 Å². The van der Waals surface area contributed by atoms with E-state index in [-0.39, 0.29) is 23.4 Å². The summed E-state index contributed by atoms with van der Waals surface area (Å²) in [6.45, 7) is 0.550. The minimum atomic E-state index is -0.273. The minimum Gasteiger partial charge on any atom is -0.373 e. The van der Waals surface area contributed by atoms with E-state index in [1.54, 1.807) is 24.4 Å². The number of nitrogens with one attached hydrogen (secondary N) is 1. The van der Waals surface area contributed by atoms with Crippen LogP contribution in [0, 0.1) is 5.82 Å². The summed E-state index contributed by atoms with van der Waals surface area (Å²) >= 11 is 0. The summed E-state index contributed by atoms with van der Waals surface area (Å²) in [5, 5.41) is 0. The van der Waals surface area contributed by atoms with Gasteiger partial charge in [-0.15, -0.1) is 0 Å². The number of rotatable bonds is 3. The standard InChI is InChI=1S/C19H17FN4O2/c20-14-3-1-12(2-4-14)17-9-13(6-8-26-17)19-23-16(10-18(25)24-19)15-5-7-21-11-22-15/h1-5,7,10-11,13,17H,6,8-9H2,(H,23,24,25)/t13?,17-/m1/s1. The Hall–Kier alpha value is -2.93. The Labute approximate surface area is 149 Å². The topological polar surface area (TPSA) is 80.8 Å². The molecule has 3 heterocycles. The molecule has 3 aromatic rings. The predicted octanol–water partition coefficient (Wildman–Crippen LogP) is 3.00. The van der Waals surface area contributed by atoms with E-state index in [4.69, 9.17) is 4.74 Å². The van der Waals surface area contributed by atoms with Crippen LogP contribution < -0.4 is 5.56 Å². The second-order valence-corrected chi connectivity index (χ2v) is 6.24. The van der Waals surface area contributed by atoms with Gasteiger partial charge in [0.25, 0.3) is 5.56 Å². The highest BCUT2D eigenvalue weighted by molar-refractivity contribution is 5.52. The van der Waals surface area contributed by atoms with Gasteiger partial charge in [0.2, 0.25) is 0 Å². The van der Waals surface area contributed by atoms with Crippen molar-refractivity contribution in [2.45, 2.75) is 24.9 Å². The largest absolute Gasteiger partial charge is 0.373 e. The van der Waals surface area contributed by atoms with Gasteiger partial charge in [-0.2, -0.15) is 0 Å². The predicted molar refractivity (Wildman–Crippen MR) is 93.0 cm³/mol. The number of nitrogens with zero attached hydrogens (tertiary/aromatic N) is 3. The Morgan fingerprint density at radius 1 is 1.15 bits per heavy atom. The minimum absolute atomic E-state index is 0.0493. The molecule has 1 aliphatic rings. The lowest BCUT2D eigenvalue weighted by molar-refractivity contribution is 0.00390. The van der Waals surface area contributed by atoms with Crippen molar-refractivity contribution in [3.05, 3.63) is 76.5 Å². The van der Waals surface area contributed by atoms with Gasteiger partial charge >= 0.3 is 0 Å². The molecule has 1 unspecified atom stereocenters. The monoisotopic (exact) mass is 352 g/mol. The van der Waals surface area contributed by atoms with E-state index in [2.05, 4.69) is 19.9 Å². The zero-order valence-corrected chi connectivity index (χ0v) is 13.9. The summed E-state index contributed by atoms with van der Waals surface area (Å²) in [5.41, 5.74) is 1.84. The van der Waals surface area contributed by atoms with E-state index < -0.39 is 0 Å². The molecule has 26 heavy (non-hydrogen) atoms. The number of hydrogen-bond donors (Lipinski definition) is 1. The Morgan fingerprint density at radius 2 is 2.00 bits per heavy atom. The molecule has 2 atom stereocenters. The number of aromatic nitrogens is 4. The quantitative estimate of drug-likeness (QED) is 0.784. The third kappa shape index (κ3) is 3.52. The summed E-state index contributed by atoms with van der Waals surface area (Å²) in [6, 6.07) is 9.47. The summed E-state index contributed by atoms with van der Waals surface area (Å²) in [4.78, 5) is 27.6. The number of H-pyrrole nitrogens is 1. The molecule has 7 heteroatoms. The Kier molecular flexibility index (Phi) is 4.53. The van der Waals surface area contributed by atoms with Crippen molar-refractivity contribution in [2.75, 3.05) is 6.61 Å². The highest BCUT2D eigenvalue weighted by atomic mass is 19.1. The molecule has 6 nitrogen and oxygen atoms in total. The zero-order chi connectivity index (χ0) is 17.9. The van der Waals surface area contributed by atoms with Crippen LogP contribution in [0.1, 0.15) is 36.3 Å². The van der Waals surface area contributed by atoms with Gasteiger partial charge < -0.3 is 9.72 Å². The van der Waals surface area contributed by atoms with Crippen LogP contribution >= 0.6 is 0 Å². The Morgan fingerprint density at radius 3 is 2.77 bits per heavy atom. The van der Waals surface area contributed by atoms with Crippen LogP contribution in [0.5, 0.6) is 0 Å². The van der Waals surface area contributed by atoms with Crippen LogP contribution in [0.4, 0.5) is 4.39 Å². The summed E-state index contributed by atoms with van der Waals surface area (Å²) in [7, 11) is 0. The summed E-state index contributed by atoms with van der Waals surface area (Å²) in [6.07, 6.45) is 4.32. The fourth-order valence-corrected chi connectivity index (χ4v) is 3.20. The van der Waals surface area contributed by atoms with Crippen molar-refractivity contribution in [3.63, 3.8) is 0 Å². The molecule has 1 aliphatic heterocycles. The molecular weight excluding hydrogens is 335 g/mol. The first-order valence-corrected chi connectivity index (χ1v) is 8.44. The van der Waals surface area contributed by atoms with Crippen LogP contribution in [0.2, 0.25) is 0 Å². The van der Waals surface area contributed by atoms with E-state index >= 15 is 0 Å². The van der Waals surface area contributed by atoms with Crippen molar-refractivity contribution in [1.29, 1.82) is 0 Å². The third-order valence-corrected chi connectivity index (χ3v) is 4.52. The number of benzene rings is 1. The van der Waals surface area contributed by atoms with Gasteiger partial charge in [0.1, 0.15) is 18.0 Å². The Bertz CT molecular complexity index is 944. The first kappa shape index (κ1) is 16.5. The SMILES string of the molecule is O=c1cc(-c2ccncn2)nc(C2CCO[C@@H](c3ccc(F)cc3)C2)[nH]1. The van der Waals surface area contributed by atoms with Gasteiger partial charge in [-0.1, -0.05) is 12.1 Å². The molecular formula is C19H17FN4O2. The number of ether oxygens (including phenoxy) is 1. The van der Waals surface area contributed by atoms with E-state index in [9.17, 15) is 9.18 Å². The molecule has 132 valence electrons. The fraction of sp³-hybridized carbons (Fsp3) is 0.263. The second kappa shape index (κ2) is 7.13. The maximum atomic E-state index is 13.1. The Balaban J connectivity index is 1.61. The highest BCUT2D eigenvalue weighted by Crippen LogP contribution is 2.36. The number of halogens is 1. The average molecular weight is 352 g/mol. The molecule has 0 amide bonds. The van der Waals surface area contributed by atoms with Crippen LogP contribution in [0.3, 0.4) is 0 Å². The lowest BCUT2D eigenvalue weighted by atomic mass is 9.91. The maximum Gasteiger partial charge on any atom is 0.251 e. The molecule has 4 rings (SSSR count). The smallest absolute Gasteiger partial charge is 0.251 e. The van der Waals surface area contributed by atoms with Gasteiger partial charge in [0.05, 0.1) is 17.5 Å². The van der Waals surface area contributed by atoms with Crippen LogP contribution in [0.15, 0.2) is 53.7 Å². The number of aromatic amines is 1. The second-order valence-electron chi connectivity index (χ2n) is 6.24. The fourth-order valence-electron chi connectivity index (χ4n) is 3.20. The summed E-state index contributed by atoms with van der Waals surface area (Å²) in [5.74, 6) is 0.402. The van der Waals surface area contributed by atoms with Gasteiger partial charge in [-0.05, 0) is 36.6 Å². The van der Waals surface area contributed by atoms with Crippen molar-refractivity contribution in [3.8, 4) is 11.4 Å². The number of hydrogen-bond acceptors (Lipinski definition) is 5. The first-order chi connectivity index (χ1) is 12.7. The highest BCUT2D eigenvalue weighted by Gasteiger charge is 2.27. The lowest BCUT2D eigenvalue weighted by Gasteiger charge is -2.29. The molecule has 2 aromatic heterocycles. The molecule has 0 radical (unpaired) electrons. The van der Waals surface area contributed by atoms with E-state index in [1.165, 1.54) is 24.5 Å². The molecule has 1 aromatic carbocycles. The van der Waals surface area contributed by atoms with Crippen LogP contribution in [0.25, 0.3) is 11.4 Å². The van der Waals surface area contributed by atoms with Crippen LogP contribution in [-0.4, -0.2) is 26.5 Å². The van der Waals surface area contributed by atoms with Crippen molar-refractivity contribution in [1.82, 2.24) is 19.9 Å². The molecule has 1 fully saturated rings. The summed E-state index contributed by atoms with van der Waals surface area (Å²) < 4.78 is 19.0. The molecule has 0 spiro atoms.